The van der Waals surface area contributed by atoms with Crippen molar-refractivity contribution in [3.63, 3.8) is 0 Å². The van der Waals surface area contributed by atoms with Crippen molar-refractivity contribution in [2.24, 2.45) is 0 Å². The number of rotatable bonds is 5. The van der Waals surface area contributed by atoms with Crippen molar-refractivity contribution in [1.29, 1.82) is 0 Å². The van der Waals surface area contributed by atoms with Gasteiger partial charge in [-0.1, -0.05) is 61.5 Å². The number of allylic oxidation sites excluding steroid dienone is 1. The number of carbonyl (C=O) groups excluding carboxylic acids is 1. The Morgan fingerprint density at radius 1 is 1.15 bits per heavy atom. The van der Waals surface area contributed by atoms with E-state index >= 15 is 0 Å². The zero-order valence-electron chi connectivity index (χ0n) is 14.6. The average molecular weight is 370 g/mol. The van der Waals surface area contributed by atoms with Crippen LogP contribution in [0.1, 0.15) is 36.1 Å². The molecule has 136 valence electrons. The monoisotopic (exact) mass is 370 g/mol. The van der Waals surface area contributed by atoms with Crippen molar-refractivity contribution in [3.05, 3.63) is 76.7 Å². The molecule has 0 fully saturated rings. The summed E-state index contributed by atoms with van der Waals surface area (Å²) in [6.07, 6.45) is 1.37. The lowest BCUT2D eigenvalue weighted by molar-refractivity contribution is -0.121. The zero-order valence-corrected chi connectivity index (χ0v) is 15.4. The van der Waals surface area contributed by atoms with Gasteiger partial charge in [-0.15, -0.1) is 0 Å². The first-order valence-electron chi connectivity index (χ1n) is 8.64. The summed E-state index contributed by atoms with van der Waals surface area (Å²) in [6, 6.07) is 16.2. The van der Waals surface area contributed by atoms with Crippen LogP contribution in [-0.2, 0) is 21.2 Å². The second kappa shape index (κ2) is 7.85. The van der Waals surface area contributed by atoms with E-state index in [0.29, 0.717) is 18.5 Å². The number of benzene rings is 2. The number of fused-ring (bicyclic) bond motifs is 1. The predicted molar refractivity (Wildman–Crippen MR) is 103 cm³/mol. The van der Waals surface area contributed by atoms with Crippen molar-refractivity contribution in [1.82, 2.24) is 10.0 Å². The third kappa shape index (κ3) is 4.20. The van der Waals surface area contributed by atoms with Crippen molar-refractivity contribution >= 4 is 21.5 Å². The van der Waals surface area contributed by atoms with Crippen LogP contribution < -0.4 is 10.0 Å². The van der Waals surface area contributed by atoms with Gasteiger partial charge in [0, 0.05) is 6.54 Å². The standard InChI is InChI=1S/C20H22N2O3S/c1-2-15(16-8-4-3-5-9-16)14-26(24,25)22-20(23)19-18-11-7-6-10-17(18)12-13-21-19/h3-11,14,19,21H,2,12-13H2,1H3,(H,22,23). The Balaban J connectivity index is 1.82. The largest absolute Gasteiger partial charge is 0.302 e. The quantitative estimate of drug-likeness (QED) is 0.849. The topological polar surface area (TPSA) is 75.3 Å². The van der Waals surface area contributed by atoms with Gasteiger partial charge in [-0.2, -0.15) is 0 Å². The summed E-state index contributed by atoms with van der Waals surface area (Å²) < 4.78 is 27.2. The van der Waals surface area contributed by atoms with Gasteiger partial charge in [0.05, 0.1) is 5.41 Å². The normalized spacial score (nSPS) is 17.4. The lowest BCUT2D eigenvalue weighted by Gasteiger charge is -2.25. The minimum Gasteiger partial charge on any atom is -0.302 e. The Kier molecular flexibility index (Phi) is 5.54. The molecular formula is C20H22N2O3S. The molecule has 1 heterocycles. The van der Waals surface area contributed by atoms with E-state index in [1.165, 1.54) is 0 Å². The highest BCUT2D eigenvalue weighted by Crippen LogP contribution is 2.23. The summed E-state index contributed by atoms with van der Waals surface area (Å²) in [5.41, 5.74) is 3.38. The van der Waals surface area contributed by atoms with Gasteiger partial charge >= 0.3 is 0 Å². The van der Waals surface area contributed by atoms with Gasteiger partial charge in [0.15, 0.2) is 0 Å². The van der Waals surface area contributed by atoms with Gasteiger partial charge in [0.25, 0.3) is 15.9 Å². The second-order valence-corrected chi connectivity index (χ2v) is 7.74. The van der Waals surface area contributed by atoms with Crippen molar-refractivity contribution in [3.8, 4) is 0 Å². The van der Waals surface area contributed by atoms with Gasteiger partial charge in [0.2, 0.25) is 0 Å². The minimum absolute atomic E-state index is 0.545. The summed E-state index contributed by atoms with van der Waals surface area (Å²) in [5.74, 6) is -0.558. The Morgan fingerprint density at radius 3 is 2.58 bits per heavy atom. The van der Waals surface area contributed by atoms with E-state index in [-0.39, 0.29) is 0 Å². The highest BCUT2D eigenvalue weighted by molar-refractivity contribution is 7.93. The maximum Gasteiger partial charge on any atom is 0.257 e. The summed E-state index contributed by atoms with van der Waals surface area (Å²) >= 11 is 0. The molecule has 2 aromatic rings. The molecule has 3 rings (SSSR count). The Bertz CT molecular complexity index is 921. The molecule has 0 radical (unpaired) electrons. The smallest absolute Gasteiger partial charge is 0.257 e. The number of hydrogen-bond acceptors (Lipinski definition) is 4. The molecule has 0 bridgehead atoms. The summed E-state index contributed by atoms with van der Waals surface area (Å²) in [6.45, 7) is 2.52. The maximum absolute atomic E-state index is 12.6. The number of sulfonamides is 1. The number of carbonyl (C=O) groups is 1. The van der Waals surface area contributed by atoms with E-state index in [9.17, 15) is 13.2 Å². The fourth-order valence-corrected chi connectivity index (χ4v) is 4.30. The molecule has 0 aromatic heterocycles. The Morgan fingerprint density at radius 2 is 1.85 bits per heavy atom. The van der Waals surface area contributed by atoms with Gasteiger partial charge < -0.3 is 5.32 Å². The first-order valence-corrected chi connectivity index (χ1v) is 10.2. The molecule has 1 aliphatic heterocycles. The van der Waals surface area contributed by atoms with E-state index in [1.54, 1.807) is 0 Å². The van der Waals surface area contributed by atoms with Crippen molar-refractivity contribution in [2.45, 2.75) is 25.8 Å². The van der Waals surface area contributed by atoms with E-state index < -0.39 is 22.0 Å². The molecular weight excluding hydrogens is 348 g/mol. The molecule has 0 saturated carbocycles. The zero-order chi connectivity index (χ0) is 18.6. The van der Waals surface area contributed by atoms with Crippen LogP contribution in [0.15, 0.2) is 60.0 Å². The lowest BCUT2D eigenvalue weighted by atomic mass is 9.94. The van der Waals surface area contributed by atoms with Crippen LogP contribution in [0.25, 0.3) is 5.57 Å². The maximum atomic E-state index is 12.6. The molecule has 1 aliphatic rings. The molecule has 6 heteroatoms. The van der Waals surface area contributed by atoms with E-state index in [1.807, 2.05) is 61.5 Å². The molecule has 1 amide bonds. The van der Waals surface area contributed by atoms with Crippen LogP contribution in [0.2, 0.25) is 0 Å². The van der Waals surface area contributed by atoms with Crippen LogP contribution in [-0.4, -0.2) is 20.9 Å². The minimum atomic E-state index is -3.89. The highest BCUT2D eigenvalue weighted by Gasteiger charge is 2.28. The molecule has 2 aromatic carbocycles. The fourth-order valence-electron chi connectivity index (χ4n) is 3.16. The second-order valence-electron chi connectivity index (χ2n) is 6.21. The van der Waals surface area contributed by atoms with Crippen LogP contribution in [0.3, 0.4) is 0 Å². The van der Waals surface area contributed by atoms with Crippen molar-refractivity contribution in [2.75, 3.05) is 6.54 Å². The van der Waals surface area contributed by atoms with E-state index in [2.05, 4.69) is 10.0 Å². The third-order valence-electron chi connectivity index (χ3n) is 4.44. The first-order chi connectivity index (χ1) is 12.5. The van der Waals surface area contributed by atoms with Gasteiger partial charge in [-0.25, -0.2) is 13.1 Å². The first kappa shape index (κ1) is 18.4. The molecule has 1 atom stereocenters. The van der Waals surface area contributed by atoms with Gasteiger partial charge in [-0.3, -0.25) is 4.79 Å². The molecule has 5 nitrogen and oxygen atoms in total. The fraction of sp³-hybridized carbons (Fsp3) is 0.250. The van der Waals surface area contributed by atoms with Crippen LogP contribution in [0.5, 0.6) is 0 Å². The van der Waals surface area contributed by atoms with Crippen molar-refractivity contribution < 1.29 is 13.2 Å². The summed E-state index contributed by atoms with van der Waals surface area (Å²) in [4.78, 5) is 12.6. The molecule has 0 spiro atoms. The average Bonchev–Trinajstić information content (AvgIpc) is 2.66. The Hall–Kier alpha value is -2.44. The Labute approximate surface area is 154 Å². The lowest BCUT2D eigenvalue weighted by Crippen LogP contribution is -2.43. The van der Waals surface area contributed by atoms with Crippen LogP contribution >= 0.6 is 0 Å². The summed E-state index contributed by atoms with van der Waals surface area (Å²) in [5, 5.41) is 4.25. The SMILES string of the molecule is CCC(=CS(=O)(=O)NC(=O)C1NCCc2ccccc21)c1ccccc1. The molecule has 1 unspecified atom stereocenters. The van der Waals surface area contributed by atoms with Crippen LogP contribution in [0.4, 0.5) is 0 Å². The number of amides is 1. The molecule has 26 heavy (non-hydrogen) atoms. The van der Waals surface area contributed by atoms with Gasteiger partial charge in [-0.05, 0) is 35.1 Å². The summed E-state index contributed by atoms with van der Waals surface area (Å²) in [7, 11) is -3.89. The molecule has 2 N–H and O–H groups in total. The predicted octanol–water partition coefficient (Wildman–Crippen LogP) is 2.77. The van der Waals surface area contributed by atoms with Gasteiger partial charge in [0.1, 0.15) is 6.04 Å². The van der Waals surface area contributed by atoms with E-state index in [4.69, 9.17) is 0 Å². The molecule has 0 aliphatic carbocycles. The number of hydrogen-bond donors (Lipinski definition) is 2. The number of nitrogens with one attached hydrogen (secondary N) is 2. The molecule has 0 saturated heterocycles. The third-order valence-corrected chi connectivity index (χ3v) is 5.52. The van der Waals surface area contributed by atoms with Crippen LogP contribution in [0, 0.1) is 0 Å². The van der Waals surface area contributed by atoms with E-state index in [0.717, 1.165) is 28.5 Å². The highest BCUT2D eigenvalue weighted by atomic mass is 32.2.